The van der Waals surface area contributed by atoms with Gasteiger partial charge in [0.25, 0.3) is 0 Å². The molecule has 2 heterocycles. The van der Waals surface area contributed by atoms with Crippen LogP contribution in [0.4, 0.5) is 17.1 Å². The van der Waals surface area contributed by atoms with Crippen molar-refractivity contribution in [3.63, 3.8) is 0 Å². The number of hydrogen-bond donors (Lipinski definition) is 0. The molecular weight excluding hydrogens is 811 g/mol. The van der Waals surface area contributed by atoms with Gasteiger partial charge in [0.2, 0.25) is 0 Å². The second kappa shape index (κ2) is 16.0. The van der Waals surface area contributed by atoms with Crippen LogP contribution in [-0.2, 0) is 0 Å². The van der Waals surface area contributed by atoms with E-state index in [0.717, 1.165) is 28.4 Å². The standard InChI is InChI=1S/C64H43N3/c1-4-14-44(15-5-1)47-24-32-52(33-25-47)65(53-34-26-48(27-35-53)45-16-6-2-7-17-45)55-38-30-51-43-56(39-31-50(51)42-55)67-60-22-12-10-20-57(60)58-40-41-62-63(64(58)67)59-21-11-13-23-61(59)66(62)54-36-28-49(29-37-54)46-18-8-3-9-19-46/h1-43H. The third kappa shape index (κ3) is 6.59. The predicted octanol–water partition coefficient (Wildman–Crippen LogP) is 17.5. The molecule has 13 aromatic rings. The summed E-state index contributed by atoms with van der Waals surface area (Å²) in [6, 6.07) is 94.8. The average Bonchev–Trinajstić information content (AvgIpc) is 3.93. The van der Waals surface area contributed by atoms with Gasteiger partial charge in [-0.15, -0.1) is 0 Å². The fourth-order valence-corrected chi connectivity index (χ4v) is 10.3. The van der Waals surface area contributed by atoms with Crippen LogP contribution in [0.2, 0.25) is 0 Å². The molecule has 0 N–H and O–H groups in total. The highest BCUT2D eigenvalue weighted by atomic mass is 15.1. The highest BCUT2D eigenvalue weighted by Gasteiger charge is 2.21. The number of anilines is 3. The number of rotatable bonds is 8. The first-order valence-corrected chi connectivity index (χ1v) is 23.0. The van der Waals surface area contributed by atoms with Crippen LogP contribution in [0, 0.1) is 0 Å². The fourth-order valence-electron chi connectivity index (χ4n) is 10.3. The zero-order valence-corrected chi connectivity index (χ0v) is 36.7. The van der Waals surface area contributed by atoms with Crippen LogP contribution in [0.25, 0.3) is 99.1 Å². The third-order valence-corrected chi connectivity index (χ3v) is 13.5. The van der Waals surface area contributed by atoms with Crippen molar-refractivity contribution < 1.29 is 0 Å². The van der Waals surface area contributed by atoms with Crippen molar-refractivity contribution in [3.05, 3.63) is 261 Å². The first-order chi connectivity index (χ1) is 33.2. The molecule has 0 radical (unpaired) electrons. The summed E-state index contributed by atoms with van der Waals surface area (Å²) in [5, 5.41) is 7.32. The molecule has 13 rings (SSSR count). The van der Waals surface area contributed by atoms with Gasteiger partial charge in [0.15, 0.2) is 0 Å². The van der Waals surface area contributed by atoms with Gasteiger partial charge in [0.1, 0.15) is 0 Å². The molecule has 0 saturated heterocycles. The van der Waals surface area contributed by atoms with Gasteiger partial charge in [-0.05, 0) is 123 Å². The average molecular weight is 854 g/mol. The third-order valence-electron chi connectivity index (χ3n) is 13.5. The van der Waals surface area contributed by atoms with E-state index in [0.29, 0.717) is 0 Å². The molecule has 0 fully saturated rings. The number of nitrogens with zero attached hydrogens (tertiary/aromatic N) is 3. The molecule has 0 aliphatic carbocycles. The summed E-state index contributed by atoms with van der Waals surface area (Å²) in [4.78, 5) is 2.37. The minimum atomic E-state index is 1.10. The van der Waals surface area contributed by atoms with Crippen LogP contribution < -0.4 is 4.90 Å². The van der Waals surface area contributed by atoms with Gasteiger partial charge in [0.05, 0.1) is 22.1 Å². The van der Waals surface area contributed by atoms with Gasteiger partial charge < -0.3 is 14.0 Å². The second-order valence-electron chi connectivity index (χ2n) is 17.4. The van der Waals surface area contributed by atoms with Gasteiger partial charge >= 0.3 is 0 Å². The van der Waals surface area contributed by atoms with Crippen LogP contribution in [0.15, 0.2) is 261 Å². The van der Waals surface area contributed by atoms with Crippen LogP contribution in [0.3, 0.4) is 0 Å². The van der Waals surface area contributed by atoms with E-state index in [2.05, 4.69) is 275 Å². The number of aromatic nitrogens is 2. The maximum atomic E-state index is 2.49. The molecule has 0 bridgehead atoms. The minimum absolute atomic E-state index is 1.10. The number of hydrogen-bond acceptors (Lipinski definition) is 1. The topological polar surface area (TPSA) is 13.1 Å². The summed E-state index contributed by atoms with van der Waals surface area (Å²) in [6.07, 6.45) is 0. The van der Waals surface area contributed by atoms with E-state index in [1.807, 2.05) is 0 Å². The number of fused-ring (bicyclic) bond motifs is 8. The normalized spacial score (nSPS) is 11.6. The summed E-state index contributed by atoms with van der Waals surface area (Å²) < 4.78 is 4.92. The van der Waals surface area contributed by atoms with Crippen molar-refractivity contribution in [2.24, 2.45) is 0 Å². The molecule has 0 spiro atoms. The van der Waals surface area contributed by atoms with Crippen molar-refractivity contribution in [3.8, 4) is 44.8 Å². The molecule has 3 heteroatoms. The molecule has 2 aromatic heterocycles. The smallest absolute Gasteiger partial charge is 0.0641 e. The quantitative estimate of drug-likeness (QED) is 0.148. The molecular formula is C64H43N3. The number of benzene rings is 11. The molecule has 0 saturated carbocycles. The fraction of sp³-hybridized carbons (Fsp3) is 0. The van der Waals surface area contributed by atoms with E-state index < -0.39 is 0 Å². The highest BCUT2D eigenvalue weighted by Crippen LogP contribution is 2.43. The lowest BCUT2D eigenvalue weighted by Gasteiger charge is -2.26. The van der Waals surface area contributed by atoms with Crippen molar-refractivity contribution >= 4 is 71.4 Å². The van der Waals surface area contributed by atoms with Gasteiger partial charge in [-0.3, -0.25) is 0 Å². The Labute approximate surface area is 389 Å². The van der Waals surface area contributed by atoms with Crippen LogP contribution >= 0.6 is 0 Å². The molecule has 0 aliphatic heterocycles. The molecule has 67 heavy (non-hydrogen) atoms. The Kier molecular flexibility index (Phi) is 9.17. The summed E-state index contributed by atoms with van der Waals surface area (Å²) in [6.45, 7) is 0. The monoisotopic (exact) mass is 853 g/mol. The van der Waals surface area contributed by atoms with E-state index >= 15 is 0 Å². The Morgan fingerprint density at radius 2 is 0.687 bits per heavy atom. The maximum Gasteiger partial charge on any atom is 0.0641 e. The summed E-state index contributed by atoms with van der Waals surface area (Å²) >= 11 is 0. The van der Waals surface area contributed by atoms with E-state index in [-0.39, 0.29) is 0 Å². The summed E-state index contributed by atoms with van der Waals surface area (Å²) in [7, 11) is 0. The molecule has 3 nitrogen and oxygen atoms in total. The van der Waals surface area contributed by atoms with Crippen LogP contribution in [-0.4, -0.2) is 9.13 Å². The summed E-state index contributed by atoms with van der Waals surface area (Å²) in [5.74, 6) is 0. The van der Waals surface area contributed by atoms with Gasteiger partial charge in [-0.2, -0.15) is 0 Å². The Hall–Kier alpha value is -8.92. The van der Waals surface area contributed by atoms with E-state index in [1.165, 1.54) is 87.8 Å². The zero-order valence-electron chi connectivity index (χ0n) is 36.7. The molecule has 314 valence electrons. The molecule has 0 amide bonds. The van der Waals surface area contributed by atoms with Gasteiger partial charge in [-0.25, -0.2) is 0 Å². The van der Waals surface area contributed by atoms with Crippen LogP contribution in [0.5, 0.6) is 0 Å². The first kappa shape index (κ1) is 38.5. The van der Waals surface area contributed by atoms with Crippen molar-refractivity contribution in [2.45, 2.75) is 0 Å². The molecule has 0 atom stereocenters. The summed E-state index contributed by atoms with van der Waals surface area (Å²) in [5.41, 5.74) is 17.6. The lowest BCUT2D eigenvalue weighted by atomic mass is 10.0. The largest absolute Gasteiger partial charge is 0.310 e. The van der Waals surface area contributed by atoms with Crippen molar-refractivity contribution in [1.82, 2.24) is 9.13 Å². The highest BCUT2D eigenvalue weighted by molar-refractivity contribution is 6.26. The van der Waals surface area contributed by atoms with E-state index in [1.54, 1.807) is 0 Å². The Bertz CT molecular complexity index is 3840. The first-order valence-electron chi connectivity index (χ1n) is 23.0. The van der Waals surface area contributed by atoms with Crippen molar-refractivity contribution in [1.29, 1.82) is 0 Å². The zero-order chi connectivity index (χ0) is 44.3. The van der Waals surface area contributed by atoms with Crippen molar-refractivity contribution in [2.75, 3.05) is 4.90 Å². The van der Waals surface area contributed by atoms with Gasteiger partial charge in [-0.1, -0.05) is 182 Å². The predicted molar refractivity (Wildman–Crippen MR) is 284 cm³/mol. The van der Waals surface area contributed by atoms with E-state index in [4.69, 9.17) is 0 Å². The minimum Gasteiger partial charge on any atom is -0.310 e. The maximum absolute atomic E-state index is 2.49. The lowest BCUT2D eigenvalue weighted by Crippen LogP contribution is -2.09. The molecule has 0 unspecified atom stereocenters. The Morgan fingerprint density at radius 3 is 1.27 bits per heavy atom. The Morgan fingerprint density at radius 1 is 0.254 bits per heavy atom. The lowest BCUT2D eigenvalue weighted by molar-refractivity contribution is 1.18. The second-order valence-corrected chi connectivity index (χ2v) is 17.4. The Balaban J connectivity index is 0.948. The van der Waals surface area contributed by atoms with Crippen LogP contribution in [0.1, 0.15) is 0 Å². The SMILES string of the molecule is c1ccc(-c2ccc(N(c3ccc(-c4ccccc4)cc3)c3ccc4cc(-n5c6ccccc6c6ccc7c(c8ccccc8n7-c7ccc(-c8ccccc8)cc7)c65)ccc4c3)cc2)cc1. The molecule has 0 aliphatic rings. The number of para-hydroxylation sites is 2. The van der Waals surface area contributed by atoms with Gasteiger partial charge in [0, 0.05) is 50.0 Å². The van der Waals surface area contributed by atoms with E-state index in [9.17, 15) is 0 Å². The molecule has 11 aromatic carbocycles.